The van der Waals surface area contributed by atoms with Crippen molar-refractivity contribution in [3.8, 4) is 5.69 Å². The fraction of sp³-hybridized carbons (Fsp3) is 0.238. The second-order valence-electron chi connectivity index (χ2n) is 7.43. The van der Waals surface area contributed by atoms with E-state index in [4.69, 9.17) is 5.41 Å². The first kappa shape index (κ1) is 21.1. The van der Waals surface area contributed by atoms with Gasteiger partial charge in [0.25, 0.3) is 5.91 Å². The summed E-state index contributed by atoms with van der Waals surface area (Å²) in [5.74, 6) is -1.20. The third-order valence-electron chi connectivity index (χ3n) is 4.93. The predicted octanol–water partition coefficient (Wildman–Crippen LogP) is 4.89. The molecule has 3 heterocycles. The second-order valence-corrected chi connectivity index (χ2v) is 8.39. The van der Waals surface area contributed by atoms with E-state index in [2.05, 4.69) is 16.2 Å². The summed E-state index contributed by atoms with van der Waals surface area (Å²) in [7, 11) is 0. The number of carbonyl (C=O) groups excluding carboxylic acids is 1. The van der Waals surface area contributed by atoms with Gasteiger partial charge < -0.3 is 4.57 Å². The first-order valence-corrected chi connectivity index (χ1v) is 10.1. The van der Waals surface area contributed by atoms with E-state index in [1.165, 1.54) is 6.08 Å². The molecule has 0 atom stereocenters. The molecule has 160 valence electrons. The molecule has 31 heavy (non-hydrogen) atoms. The summed E-state index contributed by atoms with van der Waals surface area (Å²) in [4.78, 5) is 16.2. The Morgan fingerprint density at radius 3 is 2.32 bits per heavy atom. The number of hydrogen-bond acceptors (Lipinski definition) is 4. The van der Waals surface area contributed by atoms with Crippen molar-refractivity contribution in [2.24, 2.45) is 10.1 Å². The lowest BCUT2D eigenvalue weighted by Gasteiger charge is -2.20. The van der Waals surface area contributed by atoms with E-state index in [9.17, 15) is 18.0 Å². The van der Waals surface area contributed by atoms with E-state index in [1.807, 2.05) is 50.5 Å². The number of nitrogens with one attached hydrogen (secondary N) is 1. The van der Waals surface area contributed by atoms with Gasteiger partial charge in [0.05, 0.1) is 5.57 Å². The number of carbonyl (C=O) groups is 1. The molecule has 10 heteroatoms. The highest BCUT2D eigenvalue weighted by atomic mass is 32.2. The zero-order valence-corrected chi connectivity index (χ0v) is 17.9. The van der Waals surface area contributed by atoms with Crippen LogP contribution in [0.15, 0.2) is 39.9 Å². The number of fused-ring (bicyclic) bond motifs is 1. The van der Waals surface area contributed by atoms with Crippen LogP contribution in [0.5, 0.6) is 0 Å². The zero-order valence-electron chi connectivity index (χ0n) is 17.1. The highest BCUT2D eigenvalue weighted by Gasteiger charge is 2.46. The normalized spacial score (nSPS) is 17.9. The Kier molecular flexibility index (Phi) is 4.92. The number of thioether (sulfide) groups is 1. The minimum atomic E-state index is -4.67. The third kappa shape index (κ3) is 3.71. The highest BCUT2D eigenvalue weighted by molar-refractivity contribution is 8.27. The number of hydrogen-bond donors (Lipinski definition) is 1. The van der Waals surface area contributed by atoms with Crippen LogP contribution in [-0.4, -0.2) is 37.7 Å². The molecule has 2 aliphatic heterocycles. The van der Waals surface area contributed by atoms with Crippen LogP contribution in [0.25, 0.3) is 11.8 Å². The molecule has 1 aromatic carbocycles. The third-order valence-corrected chi connectivity index (χ3v) is 5.89. The molecule has 0 aliphatic carbocycles. The van der Waals surface area contributed by atoms with Crippen LogP contribution in [0.3, 0.4) is 0 Å². The number of aryl methyl sites for hydroxylation is 3. The molecular weight excluding hydrogens is 427 g/mol. The Morgan fingerprint density at radius 2 is 1.71 bits per heavy atom. The van der Waals surface area contributed by atoms with E-state index < -0.39 is 23.0 Å². The fourth-order valence-electron chi connectivity index (χ4n) is 3.67. The van der Waals surface area contributed by atoms with Crippen molar-refractivity contribution in [2.45, 2.75) is 33.9 Å². The van der Waals surface area contributed by atoms with Gasteiger partial charge in [-0.15, -0.1) is 0 Å². The summed E-state index contributed by atoms with van der Waals surface area (Å²) in [5, 5.41) is 11.0. The maximum absolute atomic E-state index is 13.0. The standard InChI is InChI=1S/C21H18F3N5OS/c1-10-5-11(2)7-15(6-10)28-12(3)8-14(13(28)4)9-16-17(25)29-20(26-18(16)30)31-19(27-29)21(22,23)24/h5-9,25H,1-4H3. The van der Waals surface area contributed by atoms with E-state index >= 15 is 0 Å². The van der Waals surface area contributed by atoms with Crippen LogP contribution in [0.2, 0.25) is 0 Å². The lowest BCUT2D eigenvalue weighted by atomic mass is 10.1. The molecule has 1 amide bonds. The number of amides is 1. The van der Waals surface area contributed by atoms with Gasteiger partial charge in [-0.1, -0.05) is 6.07 Å². The van der Waals surface area contributed by atoms with Gasteiger partial charge in [0.15, 0.2) is 5.84 Å². The number of benzene rings is 1. The molecule has 2 aliphatic rings. The summed E-state index contributed by atoms with van der Waals surface area (Å²) in [6, 6.07) is 8.02. The molecule has 0 saturated carbocycles. The number of halogens is 3. The smallest absolute Gasteiger partial charge is 0.318 e. The maximum atomic E-state index is 13.0. The van der Waals surface area contributed by atoms with E-state index in [-0.39, 0.29) is 22.5 Å². The lowest BCUT2D eigenvalue weighted by Crippen LogP contribution is -2.35. The largest absolute Gasteiger partial charge is 0.441 e. The Hall–Kier alpha value is -3.14. The van der Waals surface area contributed by atoms with Gasteiger partial charge in [0.1, 0.15) is 0 Å². The van der Waals surface area contributed by atoms with Crippen LogP contribution < -0.4 is 0 Å². The monoisotopic (exact) mass is 445 g/mol. The molecule has 2 aromatic rings. The average Bonchev–Trinajstić information content (AvgIpc) is 3.19. The quantitative estimate of drug-likeness (QED) is 0.669. The molecule has 0 fully saturated rings. The Morgan fingerprint density at radius 1 is 1.06 bits per heavy atom. The summed E-state index contributed by atoms with van der Waals surface area (Å²) in [6.07, 6.45) is -3.19. The van der Waals surface area contributed by atoms with E-state index in [0.29, 0.717) is 5.56 Å². The van der Waals surface area contributed by atoms with Crippen molar-refractivity contribution in [1.29, 1.82) is 5.41 Å². The van der Waals surface area contributed by atoms with Gasteiger partial charge in [0.2, 0.25) is 10.2 Å². The molecular formula is C21H18F3N5OS. The van der Waals surface area contributed by atoms with Gasteiger partial charge in [0, 0.05) is 17.1 Å². The predicted molar refractivity (Wildman–Crippen MR) is 116 cm³/mol. The van der Waals surface area contributed by atoms with Crippen molar-refractivity contribution >= 4 is 39.8 Å². The second kappa shape index (κ2) is 7.23. The van der Waals surface area contributed by atoms with Gasteiger partial charge in [-0.25, -0.2) is 0 Å². The van der Waals surface area contributed by atoms with Gasteiger partial charge >= 0.3 is 6.18 Å². The zero-order chi connectivity index (χ0) is 22.7. The number of rotatable bonds is 2. The SMILES string of the molecule is Cc1cc(C)cc(-n2c(C)cc(C=C3C(=N)N4N=C(C(F)(F)F)SC4=NC3=O)c2C)c1. The number of alkyl halides is 3. The summed E-state index contributed by atoms with van der Waals surface area (Å²) < 4.78 is 41.0. The van der Waals surface area contributed by atoms with Crippen molar-refractivity contribution in [3.05, 3.63) is 57.9 Å². The topological polar surface area (TPSA) is 73.8 Å². The highest BCUT2D eigenvalue weighted by Crippen LogP contribution is 2.35. The first-order chi connectivity index (χ1) is 14.5. The van der Waals surface area contributed by atoms with Crippen LogP contribution >= 0.6 is 11.8 Å². The minimum absolute atomic E-state index is 0.114. The van der Waals surface area contributed by atoms with Crippen molar-refractivity contribution in [2.75, 3.05) is 0 Å². The fourth-order valence-corrected chi connectivity index (χ4v) is 4.43. The maximum Gasteiger partial charge on any atom is 0.441 e. The molecule has 0 bridgehead atoms. The van der Waals surface area contributed by atoms with Crippen molar-refractivity contribution in [3.63, 3.8) is 0 Å². The van der Waals surface area contributed by atoms with Gasteiger partial charge in [-0.2, -0.15) is 28.3 Å². The number of amidine groups is 2. The van der Waals surface area contributed by atoms with E-state index in [1.54, 1.807) is 0 Å². The molecule has 0 radical (unpaired) electrons. The van der Waals surface area contributed by atoms with E-state index in [0.717, 1.165) is 33.2 Å². The lowest BCUT2D eigenvalue weighted by molar-refractivity contribution is -0.114. The average molecular weight is 445 g/mol. The molecule has 1 aromatic heterocycles. The number of nitrogens with zero attached hydrogens (tertiary/aromatic N) is 4. The van der Waals surface area contributed by atoms with Crippen LogP contribution in [-0.2, 0) is 4.79 Å². The molecule has 0 saturated heterocycles. The number of aliphatic imine (C=N–C) groups is 1. The Balaban J connectivity index is 1.76. The molecule has 4 rings (SSSR count). The number of hydrazone groups is 1. The van der Waals surface area contributed by atoms with Crippen LogP contribution in [0, 0.1) is 33.1 Å². The first-order valence-electron chi connectivity index (χ1n) is 9.30. The number of aromatic nitrogens is 1. The Bertz CT molecular complexity index is 1220. The molecule has 0 unspecified atom stereocenters. The molecule has 0 spiro atoms. The molecule has 1 N–H and O–H groups in total. The molecule has 6 nitrogen and oxygen atoms in total. The van der Waals surface area contributed by atoms with Crippen molar-refractivity contribution in [1.82, 2.24) is 9.58 Å². The summed E-state index contributed by atoms with van der Waals surface area (Å²) >= 11 is 0.235. The summed E-state index contributed by atoms with van der Waals surface area (Å²) in [5.41, 5.74) is 5.50. The summed E-state index contributed by atoms with van der Waals surface area (Å²) in [6.45, 7) is 7.83. The van der Waals surface area contributed by atoms with Crippen LogP contribution in [0.4, 0.5) is 13.2 Å². The van der Waals surface area contributed by atoms with Crippen LogP contribution in [0.1, 0.15) is 28.1 Å². The Labute approximate surface area is 180 Å². The van der Waals surface area contributed by atoms with Gasteiger partial charge in [-0.05, 0) is 80.4 Å². The minimum Gasteiger partial charge on any atom is -0.318 e. The van der Waals surface area contributed by atoms with Gasteiger partial charge in [-0.3, -0.25) is 10.2 Å². The van der Waals surface area contributed by atoms with Crippen molar-refractivity contribution < 1.29 is 18.0 Å².